The maximum absolute atomic E-state index is 12.4. The molecule has 1 saturated heterocycles. The van der Waals surface area contributed by atoms with Crippen molar-refractivity contribution >= 4 is 23.1 Å². The number of hydrogen-bond acceptors (Lipinski definition) is 11. The fourth-order valence-corrected chi connectivity index (χ4v) is 8.11. The molecule has 0 N–H and O–H groups in total. The van der Waals surface area contributed by atoms with E-state index in [0.29, 0.717) is 47.3 Å². The van der Waals surface area contributed by atoms with E-state index in [0.717, 1.165) is 88.9 Å². The molecule has 10 rings (SSSR count). The van der Waals surface area contributed by atoms with Gasteiger partial charge < -0.3 is 48.6 Å². The van der Waals surface area contributed by atoms with E-state index in [1.807, 2.05) is 101 Å². The summed E-state index contributed by atoms with van der Waals surface area (Å²) in [5, 5.41) is 0. The molecule has 1 fully saturated rings. The van der Waals surface area contributed by atoms with E-state index < -0.39 is 0 Å². The van der Waals surface area contributed by atoms with Gasteiger partial charge in [-0.15, -0.1) is 22.8 Å². The third-order valence-corrected chi connectivity index (χ3v) is 12.7. The minimum Gasteiger partial charge on any atom is -0.387 e. The molecule has 4 aromatic carbocycles. The molecule has 1 aliphatic heterocycles. The maximum Gasteiger partial charge on any atom is 1.00 e. The Kier molecular flexibility index (Phi) is 45.4. The summed E-state index contributed by atoms with van der Waals surface area (Å²) >= 11 is 0. The van der Waals surface area contributed by atoms with Gasteiger partial charge in [-0.25, -0.2) is 17.1 Å². The summed E-state index contributed by atoms with van der Waals surface area (Å²) in [5.41, 5.74) is 14.0. The molecular weight excluding hydrogens is 1970 g/mol. The SMILES string of the molecule is Cc1[c-]cc(C(=O)Cc2c[c-]c(CN3CCN(C)CC3)cc2)cn1.Cc1[c-]cc(C(=O)Cc2c[c-]ccn2)cc1.Cc1[c-]cc(C(=O)Cc2cc(C)cc(-n3cnc(C)c3)c2)cc1.Cc1[c-]nc(C(=O)Cc2c[c-]ccn2)cc1.[Rb+].[Rb+].[Rb+].[W].[W].[W].[W]. The molecule has 6 heterocycles. The second kappa shape index (κ2) is 45.7. The Hall–Kier alpha value is -0.541. The van der Waals surface area contributed by atoms with Crippen molar-refractivity contribution < 1.29 is 278 Å². The molecule has 5 aromatic heterocycles. The number of carbonyl (C=O) groups is 4. The smallest absolute Gasteiger partial charge is 0.387 e. The zero-order chi connectivity index (χ0) is 56.1. The van der Waals surface area contributed by atoms with Gasteiger partial charge in [0.1, 0.15) is 17.3 Å². The molecule has 9 aromatic rings. The summed E-state index contributed by atoms with van der Waals surface area (Å²) in [7, 11) is 2.16. The van der Waals surface area contributed by atoms with Crippen LogP contribution < -0.4 is 175 Å². The molecular formula is C67H63N8O4Rb3W4-4. The second-order valence-electron chi connectivity index (χ2n) is 19.5. The van der Waals surface area contributed by atoms with Crippen LogP contribution in [0.3, 0.4) is 0 Å². The molecule has 86 heavy (non-hydrogen) atoms. The van der Waals surface area contributed by atoms with Crippen molar-refractivity contribution in [3.05, 3.63) is 273 Å². The van der Waals surface area contributed by atoms with E-state index in [-0.39, 0.29) is 288 Å². The standard InChI is InChI=1S/C20H23N3O.C20H19N2O.C14H11NO.C13H10N2O.3Rb.4W/c1-16-3-8-19(14-21-16)20(24)13-17-4-6-18(7-5-17)15-23-11-9-22(2)10-12-23;1-14-4-6-18(7-5-14)20(23)11-17-8-15(2)9-19(10-17)22-12-16(3)21-13-22;1-11-5-7-12(8-6-11)14(16)10-13-4-2-3-9-15-13;1-10-5-6-12(15-9-10)13(16)8-11-4-2-3-7-14-11;;;;;;;/h4-6,8,14H,9-13,15H2,1-2H3;4,6-10,12-13H,11H2,1-3H3;3-5,7-9H,10H2,1H3;3-7H,8H2,1H3;;;;;;;/q-2;-1;2*-2;3*+1;;;;. The van der Waals surface area contributed by atoms with Crippen molar-refractivity contribution in [3.8, 4) is 5.69 Å². The van der Waals surface area contributed by atoms with Crippen LogP contribution in [0.4, 0.5) is 0 Å². The largest absolute Gasteiger partial charge is 1.00 e. The molecule has 0 atom stereocenters. The Balaban J connectivity index is 0.00000111. The van der Waals surface area contributed by atoms with E-state index >= 15 is 0 Å². The fourth-order valence-electron chi connectivity index (χ4n) is 8.11. The van der Waals surface area contributed by atoms with Crippen molar-refractivity contribution in [2.75, 3.05) is 33.2 Å². The van der Waals surface area contributed by atoms with E-state index in [2.05, 4.69) is 103 Å². The average Bonchev–Trinajstić information content (AvgIpc) is 4.08. The van der Waals surface area contributed by atoms with Crippen molar-refractivity contribution in [2.45, 2.75) is 73.8 Å². The van der Waals surface area contributed by atoms with E-state index in [9.17, 15) is 19.2 Å². The van der Waals surface area contributed by atoms with Crippen LogP contribution in [-0.2, 0) is 116 Å². The Morgan fingerprint density at radius 1 is 0.523 bits per heavy atom. The summed E-state index contributed by atoms with van der Waals surface area (Å²) in [6, 6.07) is 53.5. The minimum absolute atomic E-state index is 0. The Morgan fingerprint density at radius 2 is 1.08 bits per heavy atom. The first-order valence-electron chi connectivity index (χ1n) is 26.1. The number of benzene rings is 4. The van der Waals surface area contributed by atoms with Crippen LogP contribution in [0.1, 0.15) is 103 Å². The quantitative estimate of drug-likeness (QED) is 0.109. The predicted molar refractivity (Wildman–Crippen MR) is 305 cm³/mol. The first kappa shape index (κ1) is 85.5. The van der Waals surface area contributed by atoms with Crippen LogP contribution in [0.15, 0.2) is 146 Å². The molecule has 1 aliphatic rings. The van der Waals surface area contributed by atoms with E-state index in [4.69, 9.17) is 0 Å². The molecule has 0 aliphatic carbocycles. The number of rotatable bonds is 15. The molecule has 426 valence electrons. The Morgan fingerprint density at radius 3 is 1.57 bits per heavy atom. The van der Waals surface area contributed by atoms with Crippen LogP contribution in [0.5, 0.6) is 0 Å². The molecule has 12 nitrogen and oxygen atoms in total. The van der Waals surface area contributed by atoms with Crippen LogP contribution in [-0.4, -0.2) is 95.6 Å². The van der Waals surface area contributed by atoms with Crippen LogP contribution in [0.25, 0.3) is 5.69 Å². The number of imidazole rings is 1. The van der Waals surface area contributed by atoms with Crippen molar-refractivity contribution in [3.63, 3.8) is 0 Å². The first-order valence-corrected chi connectivity index (χ1v) is 26.1. The number of hydrogen-bond donors (Lipinski definition) is 0. The van der Waals surface area contributed by atoms with Gasteiger partial charge in [0.25, 0.3) is 0 Å². The number of pyridine rings is 4. The summed E-state index contributed by atoms with van der Waals surface area (Å²) < 4.78 is 1.98. The Labute approximate surface area is 712 Å². The van der Waals surface area contributed by atoms with Gasteiger partial charge in [-0.1, -0.05) is 73.6 Å². The summed E-state index contributed by atoms with van der Waals surface area (Å²) in [5.74, 6) is 0.185. The van der Waals surface area contributed by atoms with Gasteiger partial charge in [-0.05, 0) is 82.2 Å². The first-order chi connectivity index (χ1) is 38.1. The molecule has 0 saturated carbocycles. The van der Waals surface area contributed by atoms with E-state index in [1.54, 1.807) is 73.4 Å². The minimum atomic E-state index is -0.0525. The maximum atomic E-state index is 12.4. The van der Waals surface area contributed by atoms with Crippen LogP contribution >= 0.6 is 0 Å². The summed E-state index contributed by atoms with van der Waals surface area (Å²) in [6.07, 6.45) is 12.8. The van der Waals surface area contributed by atoms with Crippen molar-refractivity contribution in [1.82, 2.24) is 39.3 Å². The average molecular weight is 2040 g/mol. The van der Waals surface area contributed by atoms with Gasteiger partial charge in [0.15, 0.2) is 0 Å². The third kappa shape index (κ3) is 30.5. The van der Waals surface area contributed by atoms with Gasteiger partial charge in [0.05, 0.1) is 17.8 Å². The van der Waals surface area contributed by atoms with Gasteiger partial charge in [-0.3, -0.25) is 4.90 Å². The number of piperazine rings is 1. The molecule has 0 amide bonds. The summed E-state index contributed by atoms with van der Waals surface area (Å²) in [4.78, 5) is 73.7. The van der Waals surface area contributed by atoms with Gasteiger partial charge in [0, 0.05) is 135 Å². The van der Waals surface area contributed by atoms with Crippen LogP contribution in [0.2, 0.25) is 0 Å². The third-order valence-electron chi connectivity index (χ3n) is 12.7. The second-order valence-corrected chi connectivity index (χ2v) is 19.5. The monoisotopic (exact) mass is 2030 g/mol. The molecule has 0 bridgehead atoms. The van der Waals surface area contributed by atoms with Gasteiger partial charge >= 0.3 is 175 Å². The van der Waals surface area contributed by atoms with Gasteiger partial charge in [0.2, 0.25) is 0 Å². The zero-order valence-electron chi connectivity index (χ0n) is 50.6. The number of carbonyl (C=O) groups excluding carboxylic acids is 4. The van der Waals surface area contributed by atoms with Crippen molar-refractivity contribution in [2.24, 2.45) is 0 Å². The molecule has 0 spiro atoms. The van der Waals surface area contributed by atoms with Crippen molar-refractivity contribution in [1.29, 1.82) is 0 Å². The summed E-state index contributed by atoms with van der Waals surface area (Å²) in [6.45, 7) is 17.0. The number of nitrogens with zero attached hydrogens (tertiary/aromatic N) is 8. The fraction of sp³-hybridized carbons (Fsp3) is 0.239. The normalized spacial score (nSPS) is 11.2. The molecule has 19 heteroatoms. The Bertz CT molecular complexity index is 3320. The number of Topliss-reactive ketones (excluding diaryl/α,β-unsaturated/α-hetero) is 4. The topological polar surface area (TPSA) is 144 Å². The van der Waals surface area contributed by atoms with E-state index in [1.165, 1.54) is 5.56 Å². The predicted octanol–water partition coefficient (Wildman–Crippen LogP) is 1.41. The number of likely N-dealkylation sites (N-methyl/N-ethyl adjacent to an activating group) is 1. The molecule has 0 unspecified atom stereocenters. The van der Waals surface area contributed by atoms with Gasteiger partial charge in [-0.2, -0.15) is 132 Å². The molecule has 0 radical (unpaired) electrons. The number of aryl methyl sites for hydroxylation is 6. The number of ketones is 4. The number of aromatic nitrogens is 6. The van der Waals surface area contributed by atoms with Crippen LogP contribution in [0, 0.1) is 84.1 Å². The zero-order valence-corrected chi connectivity index (χ0v) is 77.0.